The fourth-order valence-corrected chi connectivity index (χ4v) is 4.51. The Morgan fingerprint density at radius 3 is 2.42 bits per heavy atom. The van der Waals surface area contributed by atoms with E-state index >= 15 is 0 Å². The van der Waals surface area contributed by atoms with Crippen molar-refractivity contribution < 1.29 is 24.2 Å². The molecule has 1 aromatic carbocycles. The zero-order valence-electron chi connectivity index (χ0n) is 18.7. The third-order valence-electron chi connectivity index (χ3n) is 5.82. The largest absolute Gasteiger partial charge is 0.479 e. The molecule has 168 valence electrons. The molecule has 0 saturated heterocycles. The van der Waals surface area contributed by atoms with Crippen LogP contribution in [-0.4, -0.2) is 45.2 Å². The van der Waals surface area contributed by atoms with Crippen molar-refractivity contribution in [2.45, 2.75) is 83.4 Å². The number of amides is 2. The number of nitrogens with zero attached hydrogens (tertiary/aromatic N) is 1. The van der Waals surface area contributed by atoms with E-state index in [4.69, 9.17) is 4.74 Å². The van der Waals surface area contributed by atoms with Crippen LogP contribution in [-0.2, 0) is 20.7 Å². The van der Waals surface area contributed by atoms with Gasteiger partial charge in [0.05, 0.1) is 0 Å². The number of nitrogens with one attached hydrogen (secondary N) is 1. The summed E-state index contributed by atoms with van der Waals surface area (Å²) < 4.78 is 5.27. The molecule has 1 heterocycles. The monoisotopic (exact) mass is 428 g/mol. The van der Waals surface area contributed by atoms with E-state index in [9.17, 15) is 19.5 Å². The van der Waals surface area contributed by atoms with Gasteiger partial charge in [0.25, 0.3) is 0 Å². The molecule has 2 aliphatic rings. The van der Waals surface area contributed by atoms with Crippen LogP contribution in [0.4, 0.5) is 4.79 Å². The van der Waals surface area contributed by atoms with Gasteiger partial charge in [0.2, 0.25) is 5.91 Å². The highest BCUT2D eigenvalue weighted by molar-refractivity contribution is 5.94. The van der Waals surface area contributed by atoms with Crippen molar-refractivity contribution in [3.05, 3.63) is 47.2 Å². The molecule has 0 radical (unpaired) electrons. The van der Waals surface area contributed by atoms with Crippen molar-refractivity contribution in [3.63, 3.8) is 0 Å². The minimum absolute atomic E-state index is 0.209. The first-order valence-corrected chi connectivity index (χ1v) is 10.9. The normalized spacial score (nSPS) is 22.0. The summed E-state index contributed by atoms with van der Waals surface area (Å²) in [4.78, 5) is 40.0. The summed E-state index contributed by atoms with van der Waals surface area (Å²) in [5.74, 6) is -1.44. The SMILES string of the molecule is C[C@H](NC(=O)OC(C)(C)C)C(=O)N1C2=C(CCCC2)C[C@@]1(Cc1ccccc1)C(=O)O. The smallest absolute Gasteiger partial charge is 0.408 e. The molecule has 0 saturated carbocycles. The van der Waals surface area contributed by atoms with E-state index in [1.165, 1.54) is 4.90 Å². The van der Waals surface area contributed by atoms with Gasteiger partial charge in [-0.2, -0.15) is 0 Å². The lowest BCUT2D eigenvalue weighted by Crippen LogP contribution is -2.59. The summed E-state index contributed by atoms with van der Waals surface area (Å²) in [5, 5.41) is 13.0. The number of carboxylic acids is 1. The molecule has 7 nitrogen and oxygen atoms in total. The van der Waals surface area contributed by atoms with Crippen LogP contribution in [0, 0.1) is 0 Å². The first-order chi connectivity index (χ1) is 14.5. The second-order valence-corrected chi connectivity index (χ2v) is 9.47. The van der Waals surface area contributed by atoms with E-state index in [0.29, 0.717) is 12.8 Å². The second-order valence-electron chi connectivity index (χ2n) is 9.47. The Kier molecular flexibility index (Phi) is 6.43. The molecule has 31 heavy (non-hydrogen) atoms. The number of aliphatic carboxylic acids is 1. The van der Waals surface area contributed by atoms with Gasteiger partial charge in [-0.1, -0.05) is 30.3 Å². The Morgan fingerprint density at radius 1 is 1.16 bits per heavy atom. The van der Waals surface area contributed by atoms with Crippen LogP contribution in [0.15, 0.2) is 41.6 Å². The summed E-state index contributed by atoms with van der Waals surface area (Å²) in [6, 6.07) is 8.46. The van der Waals surface area contributed by atoms with Crippen molar-refractivity contribution in [2.24, 2.45) is 0 Å². The van der Waals surface area contributed by atoms with Crippen molar-refractivity contribution in [2.75, 3.05) is 0 Å². The maximum absolute atomic E-state index is 13.6. The molecule has 1 aliphatic heterocycles. The molecule has 0 aromatic heterocycles. The third kappa shape index (κ3) is 4.92. The number of benzene rings is 1. The van der Waals surface area contributed by atoms with Gasteiger partial charge in [0, 0.05) is 18.5 Å². The molecule has 2 N–H and O–H groups in total. The summed E-state index contributed by atoms with van der Waals surface area (Å²) in [7, 11) is 0. The predicted octanol–water partition coefficient (Wildman–Crippen LogP) is 4.03. The van der Waals surface area contributed by atoms with Crippen LogP contribution in [0.3, 0.4) is 0 Å². The molecule has 3 rings (SSSR count). The molecule has 2 atom stereocenters. The molecular formula is C24H32N2O5. The van der Waals surface area contributed by atoms with Gasteiger partial charge in [0.1, 0.15) is 11.6 Å². The Bertz CT molecular complexity index is 887. The van der Waals surface area contributed by atoms with E-state index in [1.54, 1.807) is 27.7 Å². The number of carbonyl (C=O) groups excluding carboxylic acids is 2. The van der Waals surface area contributed by atoms with E-state index in [1.807, 2.05) is 30.3 Å². The van der Waals surface area contributed by atoms with Crippen LogP contribution in [0.5, 0.6) is 0 Å². The Morgan fingerprint density at radius 2 is 1.81 bits per heavy atom. The molecule has 0 fully saturated rings. The van der Waals surface area contributed by atoms with E-state index < -0.39 is 35.2 Å². The van der Waals surface area contributed by atoms with Gasteiger partial charge in [-0.3, -0.25) is 9.69 Å². The third-order valence-corrected chi connectivity index (χ3v) is 5.82. The molecule has 1 aliphatic carbocycles. The van der Waals surface area contributed by atoms with E-state index in [0.717, 1.165) is 36.1 Å². The summed E-state index contributed by atoms with van der Waals surface area (Å²) in [6.07, 6.45) is 3.21. The average molecular weight is 429 g/mol. The molecule has 1 aromatic rings. The number of hydrogen-bond donors (Lipinski definition) is 2. The number of allylic oxidation sites excluding steroid dienone is 1. The van der Waals surface area contributed by atoms with E-state index in [-0.39, 0.29) is 6.42 Å². The Balaban J connectivity index is 1.93. The summed E-state index contributed by atoms with van der Waals surface area (Å²) in [6.45, 7) is 6.80. The number of ether oxygens (including phenoxy) is 1. The first-order valence-electron chi connectivity index (χ1n) is 10.9. The zero-order chi connectivity index (χ0) is 22.8. The Hall–Kier alpha value is -2.83. The summed E-state index contributed by atoms with van der Waals surface area (Å²) in [5.41, 5.74) is 0.625. The fraction of sp³-hybridized carbons (Fsp3) is 0.542. The number of hydrogen-bond acceptors (Lipinski definition) is 4. The Labute approximate surface area is 183 Å². The van der Waals surface area contributed by atoms with Gasteiger partial charge in [-0.25, -0.2) is 9.59 Å². The van der Waals surface area contributed by atoms with Crippen LogP contribution < -0.4 is 5.32 Å². The summed E-state index contributed by atoms with van der Waals surface area (Å²) >= 11 is 0. The quantitative estimate of drug-likeness (QED) is 0.738. The average Bonchev–Trinajstić information content (AvgIpc) is 3.01. The minimum atomic E-state index is -1.39. The predicted molar refractivity (Wildman–Crippen MR) is 116 cm³/mol. The van der Waals surface area contributed by atoms with Crippen molar-refractivity contribution in [1.82, 2.24) is 10.2 Å². The maximum atomic E-state index is 13.6. The molecule has 2 amide bonds. The van der Waals surface area contributed by atoms with Crippen LogP contribution >= 0.6 is 0 Å². The van der Waals surface area contributed by atoms with Gasteiger partial charge in [-0.05, 0) is 64.5 Å². The number of carboxylic acid groups (broad SMARTS) is 1. The van der Waals surface area contributed by atoms with Gasteiger partial charge in [-0.15, -0.1) is 0 Å². The highest BCUT2D eigenvalue weighted by atomic mass is 16.6. The van der Waals surface area contributed by atoms with Gasteiger partial charge < -0.3 is 15.2 Å². The number of alkyl carbamates (subject to hydrolysis) is 1. The standard InChI is InChI=1S/C24H32N2O5/c1-16(25-22(30)31-23(2,3)4)20(27)26-19-13-9-8-12-18(19)15-24(26,21(28)29)14-17-10-6-5-7-11-17/h5-7,10-11,16H,8-9,12-15H2,1-4H3,(H,25,30)(H,28,29)/t16-,24-/m0/s1. The highest BCUT2D eigenvalue weighted by Gasteiger charge is 2.54. The fourth-order valence-electron chi connectivity index (χ4n) is 4.51. The van der Waals surface area contributed by atoms with Crippen LogP contribution in [0.25, 0.3) is 0 Å². The minimum Gasteiger partial charge on any atom is -0.479 e. The van der Waals surface area contributed by atoms with Crippen molar-refractivity contribution in [1.29, 1.82) is 0 Å². The number of carbonyl (C=O) groups is 3. The molecule has 0 unspecified atom stereocenters. The number of rotatable bonds is 5. The lowest BCUT2D eigenvalue weighted by molar-refractivity contribution is -0.156. The highest BCUT2D eigenvalue weighted by Crippen LogP contribution is 2.46. The molecule has 7 heteroatoms. The maximum Gasteiger partial charge on any atom is 0.408 e. The van der Waals surface area contributed by atoms with Crippen molar-refractivity contribution in [3.8, 4) is 0 Å². The van der Waals surface area contributed by atoms with Crippen LogP contribution in [0.1, 0.15) is 65.4 Å². The zero-order valence-corrected chi connectivity index (χ0v) is 18.7. The van der Waals surface area contributed by atoms with Crippen LogP contribution in [0.2, 0.25) is 0 Å². The molecule has 0 bridgehead atoms. The lowest BCUT2D eigenvalue weighted by atomic mass is 9.84. The van der Waals surface area contributed by atoms with Gasteiger partial charge in [0.15, 0.2) is 5.54 Å². The molecule has 0 spiro atoms. The van der Waals surface area contributed by atoms with E-state index in [2.05, 4.69) is 5.32 Å². The lowest BCUT2D eigenvalue weighted by Gasteiger charge is -2.38. The van der Waals surface area contributed by atoms with Crippen molar-refractivity contribution >= 4 is 18.0 Å². The van der Waals surface area contributed by atoms with Gasteiger partial charge >= 0.3 is 12.1 Å². The second kappa shape index (κ2) is 8.73. The molecular weight excluding hydrogens is 396 g/mol. The first kappa shape index (κ1) is 22.8. The topological polar surface area (TPSA) is 95.9 Å².